The van der Waals surface area contributed by atoms with Crippen molar-refractivity contribution >= 4 is 17.8 Å². The van der Waals surface area contributed by atoms with Gasteiger partial charge >= 0.3 is 6.03 Å². The van der Waals surface area contributed by atoms with E-state index in [0.29, 0.717) is 12.0 Å². The molecule has 2 amide bonds. The van der Waals surface area contributed by atoms with Crippen LogP contribution in [0.15, 0.2) is 18.7 Å². The van der Waals surface area contributed by atoms with Crippen LogP contribution in [0.4, 0.5) is 4.79 Å². The Morgan fingerprint density at radius 3 is 2.60 bits per heavy atom. The number of hydrogen-bond acceptors (Lipinski definition) is 4. The summed E-state index contributed by atoms with van der Waals surface area (Å²) in [6, 6.07) is 0.491. The molecule has 3 heterocycles. The van der Waals surface area contributed by atoms with Gasteiger partial charge in [0, 0.05) is 63.5 Å². The third kappa shape index (κ3) is 5.64. The highest BCUT2D eigenvalue weighted by atomic mass is 32.2. The van der Waals surface area contributed by atoms with Gasteiger partial charge in [-0.3, -0.25) is 0 Å². The first-order valence-corrected chi connectivity index (χ1v) is 10.9. The number of aromatic nitrogens is 2. The van der Waals surface area contributed by atoms with Gasteiger partial charge in [-0.05, 0) is 37.9 Å². The van der Waals surface area contributed by atoms with E-state index >= 15 is 0 Å². The minimum Gasteiger partial charge on any atom is -0.337 e. The lowest BCUT2D eigenvalue weighted by Gasteiger charge is -2.36. The molecular weight excluding hydrogens is 334 g/mol. The van der Waals surface area contributed by atoms with Crippen molar-refractivity contribution < 1.29 is 4.79 Å². The van der Waals surface area contributed by atoms with E-state index in [4.69, 9.17) is 0 Å². The average Bonchev–Trinajstić information content (AvgIpc) is 3.15. The third-order valence-electron chi connectivity index (χ3n) is 5.46. The van der Waals surface area contributed by atoms with Gasteiger partial charge in [-0.2, -0.15) is 11.8 Å². The topological polar surface area (TPSA) is 53.4 Å². The minimum atomic E-state index is 0.142. The fourth-order valence-electron chi connectivity index (χ4n) is 3.80. The van der Waals surface area contributed by atoms with Crippen LogP contribution in [-0.2, 0) is 6.54 Å². The number of nitrogens with one attached hydrogen (secondary N) is 1. The maximum Gasteiger partial charge on any atom is 0.317 e. The normalized spacial score (nSPS) is 20.8. The molecule has 0 radical (unpaired) electrons. The zero-order valence-corrected chi connectivity index (χ0v) is 16.1. The van der Waals surface area contributed by atoms with Crippen molar-refractivity contribution in [3.05, 3.63) is 18.7 Å². The molecule has 25 heavy (non-hydrogen) atoms. The highest BCUT2D eigenvalue weighted by Gasteiger charge is 2.26. The number of likely N-dealkylation sites (tertiary alicyclic amines) is 2. The van der Waals surface area contributed by atoms with E-state index in [1.165, 1.54) is 12.3 Å². The Morgan fingerprint density at radius 2 is 1.96 bits per heavy atom. The van der Waals surface area contributed by atoms with Crippen molar-refractivity contribution in [2.24, 2.45) is 5.92 Å². The molecule has 1 aromatic heterocycles. The summed E-state index contributed by atoms with van der Waals surface area (Å²) in [5.41, 5.74) is 0. The van der Waals surface area contributed by atoms with Gasteiger partial charge in [0.1, 0.15) is 0 Å². The van der Waals surface area contributed by atoms with Crippen LogP contribution in [0.3, 0.4) is 0 Å². The molecule has 0 aliphatic carbocycles. The number of urea groups is 1. The molecule has 140 valence electrons. The van der Waals surface area contributed by atoms with Gasteiger partial charge in [0.25, 0.3) is 0 Å². The van der Waals surface area contributed by atoms with Crippen molar-refractivity contribution in [2.45, 2.75) is 38.3 Å². The number of carbonyl (C=O) groups excluding carboxylic acids is 1. The Bertz CT molecular complexity index is 508. The molecule has 2 aliphatic rings. The SMILES string of the molecule is CSCCN1CCC(NC(=O)N2CCC(Cn3ccnc3)CC2)CC1. The van der Waals surface area contributed by atoms with Gasteiger partial charge in [-0.25, -0.2) is 9.78 Å². The van der Waals surface area contributed by atoms with Gasteiger partial charge in [-0.15, -0.1) is 0 Å². The van der Waals surface area contributed by atoms with Crippen molar-refractivity contribution in [1.82, 2.24) is 24.7 Å². The van der Waals surface area contributed by atoms with E-state index < -0.39 is 0 Å². The molecule has 6 nitrogen and oxygen atoms in total. The fourth-order valence-corrected chi connectivity index (χ4v) is 4.24. The fraction of sp³-hybridized carbons (Fsp3) is 0.778. The molecule has 2 saturated heterocycles. The van der Waals surface area contributed by atoms with Crippen LogP contribution < -0.4 is 5.32 Å². The van der Waals surface area contributed by atoms with Crippen molar-refractivity contribution in [1.29, 1.82) is 0 Å². The first kappa shape index (κ1) is 18.6. The number of amides is 2. The standard InChI is InChI=1S/C18H31N5OS/c1-25-13-12-21-7-4-17(5-8-21)20-18(24)23-9-2-16(3-10-23)14-22-11-6-19-15-22/h6,11,15-17H,2-5,7-10,12-14H2,1H3,(H,20,24). The quantitative estimate of drug-likeness (QED) is 0.839. The number of carbonyl (C=O) groups is 1. The van der Waals surface area contributed by atoms with Crippen LogP contribution in [0.5, 0.6) is 0 Å². The first-order chi connectivity index (χ1) is 12.2. The highest BCUT2D eigenvalue weighted by Crippen LogP contribution is 2.19. The predicted octanol–water partition coefficient (Wildman–Crippen LogP) is 2.13. The second kappa shape index (κ2) is 9.48. The predicted molar refractivity (Wildman–Crippen MR) is 103 cm³/mol. The van der Waals surface area contributed by atoms with Gasteiger partial charge in [0.05, 0.1) is 6.33 Å². The summed E-state index contributed by atoms with van der Waals surface area (Å²) in [5, 5.41) is 3.27. The van der Waals surface area contributed by atoms with E-state index in [2.05, 4.69) is 26.0 Å². The maximum absolute atomic E-state index is 12.5. The Kier molecular flexibility index (Phi) is 7.04. The molecule has 0 aromatic carbocycles. The average molecular weight is 366 g/mol. The molecule has 3 rings (SSSR count). The Hall–Kier alpha value is -1.21. The van der Waals surface area contributed by atoms with E-state index in [1.54, 1.807) is 0 Å². The summed E-state index contributed by atoms with van der Waals surface area (Å²) in [6.45, 7) is 6.16. The van der Waals surface area contributed by atoms with Crippen LogP contribution in [-0.4, -0.2) is 76.2 Å². The first-order valence-electron chi connectivity index (χ1n) is 9.47. The molecule has 2 aliphatic heterocycles. The van der Waals surface area contributed by atoms with Crippen molar-refractivity contribution in [2.75, 3.05) is 44.7 Å². The Balaban J connectivity index is 1.34. The number of imidazole rings is 1. The van der Waals surface area contributed by atoms with Crippen LogP contribution >= 0.6 is 11.8 Å². The molecule has 1 aromatic rings. The molecule has 0 saturated carbocycles. The smallest absolute Gasteiger partial charge is 0.317 e. The molecule has 0 atom stereocenters. The molecule has 7 heteroatoms. The molecule has 0 unspecified atom stereocenters. The monoisotopic (exact) mass is 365 g/mol. The van der Waals surface area contributed by atoms with Crippen molar-refractivity contribution in [3.8, 4) is 0 Å². The van der Waals surface area contributed by atoms with E-state index in [0.717, 1.165) is 58.4 Å². The molecule has 1 N–H and O–H groups in total. The Labute approximate surface area is 155 Å². The van der Waals surface area contributed by atoms with Crippen molar-refractivity contribution in [3.63, 3.8) is 0 Å². The lowest BCUT2D eigenvalue weighted by molar-refractivity contribution is 0.153. The number of piperidine rings is 2. The molecule has 2 fully saturated rings. The molecule has 0 bridgehead atoms. The lowest BCUT2D eigenvalue weighted by atomic mass is 9.97. The number of rotatable bonds is 6. The number of thioether (sulfide) groups is 1. The zero-order chi connectivity index (χ0) is 17.5. The van der Waals surface area contributed by atoms with Gasteiger partial charge < -0.3 is 19.7 Å². The lowest BCUT2D eigenvalue weighted by Crippen LogP contribution is -2.51. The van der Waals surface area contributed by atoms with Gasteiger partial charge in [0.15, 0.2) is 0 Å². The molecule has 0 spiro atoms. The maximum atomic E-state index is 12.5. The van der Waals surface area contributed by atoms with Crippen LogP contribution in [0, 0.1) is 5.92 Å². The summed E-state index contributed by atoms with van der Waals surface area (Å²) in [6.07, 6.45) is 12.2. The summed E-state index contributed by atoms with van der Waals surface area (Å²) < 4.78 is 2.14. The van der Waals surface area contributed by atoms with Gasteiger partial charge in [0.2, 0.25) is 0 Å². The number of hydrogen-bond donors (Lipinski definition) is 1. The summed E-state index contributed by atoms with van der Waals surface area (Å²) in [7, 11) is 0. The van der Waals surface area contributed by atoms with Crippen LogP contribution in [0.2, 0.25) is 0 Å². The highest BCUT2D eigenvalue weighted by molar-refractivity contribution is 7.98. The van der Waals surface area contributed by atoms with Gasteiger partial charge in [-0.1, -0.05) is 0 Å². The summed E-state index contributed by atoms with van der Waals surface area (Å²) in [4.78, 5) is 21.1. The van der Waals surface area contributed by atoms with E-state index in [9.17, 15) is 4.79 Å². The second-order valence-electron chi connectivity index (χ2n) is 7.25. The summed E-state index contributed by atoms with van der Waals surface area (Å²) in [5.74, 6) is 1.85. The second-order valence-corrected chi connectivity index (χ2v) is 8.23. The zero-order valence-electron chi connectivity index (χ0n) is 15.3. The third-order valence-corrected chi connectivity index (χ3v) is 6.05. The summed E-state index contributed by atoms with van der Waals surface area (Å²) >= 11 is 1.90. The van der Waals surface area contributed by atoms with Crippen LogP contribution in [0.25, 0.3) is 0 Å². The van der Waals surface area contributed by atoms with Crippen LogP contribution in [0.1, 0.15) is 25.7 Å². The Morgan fingerprint density at radius 1 is 1.20 bits per heavy atom. The number of nitrogens with zero attached hydrogens (tertiary/aromatic N) is 4. The van der Waals surface area contributed by atoms with E-state index in [-0.39, 0.29) is 6.03 Å². The van der Waals surface area contributed by atoms with E-state index in [1.807, 2.05) is 35.4 Å². The molecular formula is C18H31N5OS. The largest absolute Gasteiger partial charge is 0.337 e. The minimum absolute atomic E-state index is 0.142.